The Labute approximate surface area is 196 Å². The molecule has 0 aliphatic rings. The highest BCUT2D eigenvalue weighted by Crippen LogP contribution is 2.35. The van der Waals surface area contributed by atoms with Gasteiger partial charge in [-0.3, -0.25) is 19.3 Å². The van der Waals surface area contributed by atoms with Gasteiger partial charge < -0.3 is 10.6 Å². The van der Waals surface area contributed by atoms with Crippen LogP contribution in [0.3, 0.4) is 0 Å². The van der Waals surface area contributed by atoms with Gasteiger partial charge in [0, 0.05) is 25.4 Å². The van der Waals surface area contributed by atoms with Gasteiger partial charge in [0.25, 0.3) is 5.91 Å². The smallest absolute Gasteiger partial charge is 0.355 e. The van der Waals surface area contributed by atoms with Gasteiger partial charge in [0.1, 0.15) is 0 Å². The van der Waals surface area contributed by atoms with Gasteiger partial charge in [0.2, 0.25) is 11.8 Å². The van der Waals surface area contributed by atoms with Crippen molar-refractivity contribution in [2.75, 3.05) is 17.3 Å². The molecule has 176 valence electrons. The van der Waals surface area contributed by atoms with Crippen LogP contribution in [0, 0.1) is 0 Å². The predicted molar refractivity (Wildman–Crippen MR) is 124 cm³/mol. The Balaban J connectivity index is 1.79. The van der Waals surface area contributed by atoms with Crippen LogP contribution in [0.4, 0.5) is 29.7 Å². The van der Waals surface area contributed by atoms with E-state index in [1.54, 1.807) is 29.6 Å². The number of para-hydroxylation sites is 1. The number of rotatable bonds is 6. The highest BCUT2D eigenvalue weighted by atomic mass is 32.1. The molecule has 0 saturated carbocycles. The third-order valence-electron chi connectivity index (χ3n) is 4.51. The maximum atomic E-state index is 13.1. The number of aromatic nitrogens is 1. The molecular weight excluding hydrogens is 469 g/mol. The van der Waals surface area contributed by atoms with Gasteiger partial charge in [-0.15, -0.1) is 11.3 Å². The fourth-order valence-electron chi connectivity index (χ4n) is 2.96. The first-order valence-corrected chi connectivity index (χ1v) is 10.7. The number of thiazole rings is 1. The van der Waals surface area contributed by atoms with E-state index in [9.17, 15) is 27.6 Å². The number of anilines is 3. The van der Waals surface area contributed by atoms with Crippen LogP contribution in [0.5, 0.6) is 0 Å². The van der Waals surface area contributed by atoms with Crippen molar-refractivity contribution < 1.29 is 27.6 Å². The van der Waals surface area contributed by atoms with Crippen LogP contribution in [-0.2, 0) is 15.8 Å². The normalized spacial score (nSPS) is 11.3. The Morgan fingerprint density at radius 2 is 1.82 bits per heavy atom. The number of carbonyl (C=O) groups excluding carboxylic acids is 3. The third-order valence-corrected chi connectivity index (χ3v) is 5.35. The summed E-state index contributed by atoms with van der Waals surface area (Å²) in [4.78, 5) is 41.8. The average molecular weight is 488 g/mol. The summed E-state index contributed by atoms with van der Waals surface area (Å²) >= 11 is 1.04. The average Bonchev–Trinajstić information content (AvgIpc) is 3.25. The molecule has 2 N–H and O–H groups in total. The SMILES string of the molecule is CNC(=O)c1ccccc1NC(=O)/C=C/c1csc(N(C(C)=O)c2cccc(C(F)(F)F)c2)n1. The summed E-state index contributed by atoms with van der Waals surface area (Å²) in [5.74, 6) is -1.40. The van der Waals surface area contributed by atoms with Crippen molar-refractivity contribution >= 4 is 51.6 Å². The van der Waals surface area contributed by atoms with E-state index in [0.29, 0.717) is 16.9 Å². The van der Waals surface area contributed by atoms with Crippen LogP contribution in [0.2, 0.25) is 0 Å². The van der Waals surface area contributed by atoms with Gasteiger partial charge in [-0.05, 0) is 36.4 Å². The molecule has 3 aromatic rings. The van der Waals surface area contributed by atoms with Gasteiger partial charge in [-0.1, -0.05) is 18.2 Å². The van der Waals surface area contributed by atoms with Crippen LogP contribution in [0.1, 0.15) is 28.5 Å². The maximum Gasteiger partial charge on any atom is 0.416 e. The topological polar surface area (TPSA) is 91.4 Å². The molecule has 0 radical (unpaired) electrons. The number of nitrogens with one attached hydrogen (secondary N) is 2. The highest BCUT2D eigenvalue weighted by molar-refractivity contribution is 7.14. The van der Waals surface area contributed by atoms with E-state index in [-0.39, 0.29) is 16.7 Å². The molecule has 34 heavy (non-hydrogen) atoms. The van der Waals surface area contributed by atoms with E-state index in [2.05, 4.69) is 15.6 Å². The predicted octanol–water partition coefficient (Wildman–Crippen LogP) is 4.86. The van der Waals surface area contributed by atoms with E-state index in [4.69, 9.17) is 0 Å². The van der Waals surface area contributed by atoms with Crippen molar-refractivity contribution in [2.24, 2.45) is 0 Å². The van der Waals surface area contributed by atoms with Gasteiger partial charge in [-0.2, -0.15) is 13.2 Å². The van der Waals surface area contributed by atoms with Crippen molar-refractivity contribution in [1.29, 1.82) is 0 Å². The molecule has 0 aliphatic carbocycles. The van der Waals surface area contributed by atoms with Gasteiger partial charge >= 0.3 is 6.18 Å². The van der Waals surface area contributed by atoms with Crippen molar-refractivity contribution in [3.05, 3.63) is 76.8 Å². The minimum Gasteiger partial charge on any atom is -0.355 e. The van der Waals surface area contributed by atoms with E-state index >= 15 is 0 Å². The number of nitrogens with zero attached hydrogens (tertiary/aromatic N) is 2. The van der Waals surface area contributed by atoms with Crippen LogP contribution in [0.15, 0.2) is 60.0 Å². The lowest BCUT2D eigenvalue weighted by Crippen LogP contribution is -2.23. The molecule has 2 aromatic carbocycles. The lowest BCUT2D eigenvalue weighted by Gasteiger charge is -2.19. The van der Waals surface area contributed by atoms with E-state index in [1.165, 1.54) is 38.3 Å². The number of carbonyl (C=O) groups is 3. The second-order valence-electron chi connectivity index (χ2n) is 6.90. The maximum absolute atomic E-state index is 13.1. The number of amides is 3. The summed E-state index contributed by atoms with van der Waals surface area (Å²) in [6, 6.07) is 10.9. The molecular formula is C23H19F3N4O3S. The molecule has 1 heterocycles. The van der Waals surface area contributed by atoms with Crippen molar-refractivity contribution in [2.45, 2.75) is 13.1 Å². The number of halogens is 3. The molecule has 0 saturated heterocycles. The molecule has 3 amide bonds. The number of hydrogen-bond donors (Lipinski definition) is 2. The number of benzene rings is 2. The zero-order valence-corrected chi connectivity index (χ0v) is 18.8. The molecule has 1 aromatic heterocycles. The Hall–Kier alpha value is -3.99. The first kappa shape index (κ1) is 24.6. The van der Waals surface area contributed by atoms with Crippen LogP contribution < -0.4 is 15.5 Å². The summed E-state index contributed by atoms with van der Waals surface area (Å²) in [6.07, 6.45) is -1.97. The second kappa shape index (κ2) is 10.3. The Morgan fingerprint density at radius 3 is 2.50 bits per heavy atom. The lowest BCUT2D eigenvalue weighted by molar-refractivity contribution is -0.137. The van der Waals surface area contributed by atoms with E-state index < -0.39 is 23.6 Å². The fourth-order valence-corrected chi connectivity index (χ4v) is 3.82. The largest absolute Gasteiger partial charge is 0.416 e. The van der Waals surface area contributed by atoms with E-state index in [1.807, 2.05) is 0 Å². The first-order chi connectivity index (χ1) is 16.1. The van der Waals surface area contributed by atoms with Crippen LogP contribution in [0.25, 0.3) is 6.08 Å². The van der Waals surface area contributed by atoms with Gasteiger partial charge in [0.05, 0.1) is 28.2 Å². The standard InChI is InChI=1S/C23H19F3N4O3S/c1-14(31)30(17-7-5-6-15(12-17)23(24,25)26)22-28-16(13-34-22)10-11-20(32)29-19-9-4-3-8-18(19)21(33)27-2/h3-13H,1-2H3,(H,27,33)(H,29,32)/b11-10+. The molecule has 0 unspecified atom stereocenters. The van der Waals surface area contributed by atoms with Crippen molar-refractivity contribution in [1.82, 2.24) is 10.3 Å². The van der Waals surface area contributed by atoms with Crippen LogP contribution in [-0.4, -0.2) is 29.8 Å². The van der Waals surface area contributed by atoms with Crippen molar-refractivity contribution in [3.63, 3.8) is 0 Å². The van der Waals surface area contributed by atoms with Gasteiger partial charge in [-0.25, -0.2) is 4.98 Å². The number of hydrogen-bond acceptors (Lipinski definition) is 5. The lowest BCUT2D eigenvalue weighted by atomic mass is 10.1. The summed E-state index contributed by atoms with van der Waals surface area (Å²) < 4.78 is 39.2. The zero-order chi connectivity index (χ0) is 24.9. The number of alkyl halides is 3. The van der Waals surface area contributed by atoms with Crippen molar-refractivity contribution in [3.8, 4) is 0 Å². The fraction of sp³-hybridized carbons (Fsp3) is 0.130. The zero-order valence-electron chi connectivity index (χ0n) is 18.0. The van der Waals surface area contributed by atoms with Crippen LogP contribution >= 0.6 is 11.3 Å². The third kappa shape index (κ3) is 5.87. The summed E-state index contributed by atoms with van der Waals surface area (Å²) in [5.41, 5.74) is 0.0778. The molecule has 0 aliphatic heterocycles. The monoisotopic (exact) mass is 488 g/mol. The molecule has 0 atom stereocenters. The Bertz CT molecular complexity index is 1250. The Morgan fingerprint density at radius 1 is 1.09 bits per heavy atom. The molecule has 0 bridgehead atoms. The molecule has 7 nitrogen and oxygen atoms in total. The summed E-state index contributed by atoms with van der Waals surface area (Å²) in [5, 5.41) is 6.80. The quantitative estimate of drug-likeness (QED) is 0.485. The second-order valence-corrected chi connectivity index (χ2v) is 7.74. The highest BCUT2D eigenvalue weighted by Gasteiger charge is 2.31. The molecule has 3 rings (SSSR count). The summed E-state index contributed by atoms with van der Waals surface area (Å²) in [6.45, 7) is 1.22. The first-order valence-electron chi connectivity index (χ1n) is 9.84. The molecule has 0 fully saturated rings. The van der Waals surface area contributed by atoms with Gasteiger partial charge in [0.15, 0.2) is 5.13 Å². The molecule has 0 spiro atoms. The van der Waals surface area contributed by atoms with E-state index in [0.717, 1.165) is 28.4 Å². The minimum absolute atomic E-state index is 0.0238. The molecule has 11 heteroatoms. The minimum atomic E-state index is -4.56. The Kier molecular flexibility index (Phi) is 7.47. The summed E-state index contributed by atoms with van der Waals surface area (Å²) in [7, 11) is 1.48.